The van der Waals surface area contributed by atoms with Crippen LogP contribution in [0.2, 0.25) is 0 Å². The number of alkyl halides is 1. The van der Waals surface area contributed by atoms with Crippen molar-refractivity contribution < 1.29 is 14.3 Å². The number of carbonyl (C=O) groups is 2. The van der Waals surface area contributed by atoms with Gasteiger partial charge in [0.1, 0.15) is 15.1 Å². The van der Waals surface area contributed by atoms with Gasteiger partial charge >= 0.3 is 0 Å². The summed E-state index contributed by atoms with van der Waals surface area (Å²) in [4.78, 5) is 27.2. The Morgan fingerprint density at radius 1 is 1.23 bits per heavy atom. The first kappa shape index (κ1) is 26.1. The predicted molar refractivity (Wildman–Crippen MR) is 146 cm³/mol. The van der Waals surface area contributed by atoms with E-state index >= 15 is 0 Å². The van der Waals surface area contributed by atoms with Crippen LogP contribution in [-0.4, -0.2) is 49.8 Å². The largest absolute Gasteiger partial charge is 0.490 e. The number of thiocarbonyl (C=S) groups is 1. The average Bonchev–Trinajstić information content (AvgIpc) is 3.40. The second-order valence-electron chi connectivity index (χ2n) is 8.37. The number of rotatable bonds is 10. The molecule has 2 amide bonds. The summed E-state index contributed by atoms with van der Waals surface area (Å²) in [5.74, 6) is 1.03. The molecule has 35 heavy (non-hydrogen) atoms. The molecule has 0 spiro atoms. The van der Waals surface area contributed by atoms with Crippen molar-refractivity contribution >= 4 is 74.3 Å². The fourth-order valence-corrected chi connectivity index (χ4v) is 6.28. The zero-order valence-corrected chi connectivity index (χ0v) is 22.4. The third kappa shape index (κ3) is 7.49. The summed E-state index contributed by atoms with van der Waals surface area (Å²) in [5, 5.41) is 11.9. The fourth-order valence-electron chi connectivity index (χ4n) is 3.93. The summed E-state index contributed by atoms with van der Waals surface area (Å²) in [5.41, 5.74) is 0.923. The highest BCUT2D eigenvalue weighted by molar-refractivity contribution is 8.26. The number of aromatic nitrogens is 2. The maximum Gasteiger partial charge on any atom is 0.266 e. The van der Waals surface area contributed by atoms with Crippen LogP contribution in [-0.2, 0) is 16.0 Å². The summed E-state index contributed by atoms with van der Waals surface area (Å²) in [6, 6.07) is 7.83. The minimum atomic E-state index is -0.171. The lowest BCUT2D eigenvalue weighted by atomic mass is 9.98. The average molecular weight is 551 g/mol. The monoisotopic (exact) mass is 550 g/mol. The Hall–Kier alpha value is -2.01. The summed E-state index contributed by atoms with van der Waals surface area (Å²) < 4.78 is 6.59. The molecule has 1 aromatic heterocycles. The first-order chi connectivity index (χ1) is 17.0. The van der Waals surface area contributed by atoms with Crippen molar-refractivity contribution in [2.45, 2.75) is 57.5 Å². The Bertz CT molecular complexity index is 1080. The number of nitrogens with zero attached hydrogens (tertiary/aromatic N) is 3. The number of benzene rings is 1. The fraction of sp³-hybridized carbons (Fsp3) is 0.458. The number of anilines is 1. The van der Waals surface area contributed by atoms with Gasteiger partial charge < -0.3 is 10.1 Å². The quantitative estimate of drug-likeness (QED) is 0.232. The zero-order valence-electron chi connectivity index (χ0n) is 19.2. The molecule has 0 unspecified atom stereocenters. The first-order valence-electron chi connectivity index (χ1n) is 11.7. The molecule has 11 heteroatoms. The molecule has 1 aliphatic heterocycles. The third-order valence-electron chi connectivity index (χ3n) is 5.71. The maximum absolute atomic E-state index is 12.9. The molecule has 4 rings (SSSR count). The summed E-state index contributed by atoms with van der Waals surface area (Å²) in [7, 11) is 0. The molecule has 1 aromatic carbocycles. The van der Waals surface area contributed by atoms with Gasteiger partial charge in [0.15, 0.2) is 0 Å². The van der Waals surface area contributed by atoms with Crippen LogP contribution < -0.4 is 10.1 Å². The molecule has 7 nitrogen and oxygen atoms in total. The molecule has 2 aliphatic rings. The molecule has 0 atom stereocenters. The van der Waals surface area contributed by atoms with Crippen LogP contribution in [0.3, 0.4) is 0 Å². The van der Waals surface area contributed by atoms with Crippen LogP contribution in [0, 0.1) is 0 Å². The highest BCUT2D eigenvalue weighted by atomic mass is 35.5. The third-order valence-corrected chi connectivity index (χ3v) is 8.18. The number of amides is 2. The zero-order chi connectivity index (χ0) is 24.6. The van der Waals surface area contributed by atoms with E-state index < -0.39 is 0 Å². The van der Waals surface area contributed by atoms with Crippen molar-refractivity contribution in [3.63, 3.8) is 0 Å². The van der Waals surface area contributed by atoms with Gasteiger partial charge in [-0.2, -0.15) is 0 Å². The van der Waals surface area contributed by atoms with Gasteiger partial charge in [0.2, 0.25) is 11.0 Å². The molecule has 0 radical (unpaired) electrons. The number of thioether (sulfide) groups is 1. The van der Waals surface area contributed by atoms with E-state index in [0.29, 0.717) is 45.7 Å². The standard InChI is InChI=1S/C24H27ClN4O3S3/c25-13-12-21-27-28-23(35-21)26-20(30)7-4-14-29-22(31)19(34-24(29)33)15-16-8-10-18(11-9-16)32-17-5-2-1-3-6-17/h8-11,15,17H,1-7,12-14H2,(H,26,28,30)/b19-15-. The molecule has 1 saturated heterocycles. The van der Waals surface area contributed by atoms with Gasteiger partial charge in [-0.3, -0.25) is 14.5 Å². The molecule has 2 heterocycles. The van der Waals surface area contributed by atoms with Gasteiger partial charge in [0.25, 0.3) is 5.91 Å². The lowest BCUT2D eigenvalue weighted by Crippen LogP contribution is -2.29. The van der Waals surface area contributed by atoms with E-state index in [4.69, 9.17) is 28.6 Å². The lowest BCUT2D eigenvalue weighted by molar-refractivity contribution is -0.122. The van der Waals surface area contributed by atoms with Gasteiger partial charge in [0.05, 0.1) is 11.0 Å². The van der Waals surface area contributed by atoms with Crippen molar-refractivity contribution in [3.8, 4) is 5.75 Å². The summed E-state index contributed by atoms with van der Waals surface area (Å²) in [6.45, 7) is 0.386. The van der Waals surface area contributed by atoms with Gasteiger partial charge in [0, 0.05) is 25.3 Å². The molecule has 2 fully saturated rings. The van der Waals surface area contributed by atoms with Crippen LogP contribution in [0.1, 0.15) is 55.5 Å². The van der Waals surface area contributed by atoms with Crippen LogP contribution >= 0.6 is 46.9 Å². The molecular formula is C24H27ClN4O3S3. The van der Waals surface area contributed by atoms with E-state index in [1.54, 1.807) is 4.90 Å². The lowest BCUT2D eigenvalue weighted by Gasteiger charge is -2.22. The van der Waals surface area contributed by atoms with Crippen molar-refractivity contribution in [3.05, 3.63) is 39.7 Å². The Balaban J connectivity index is 1.25. The minimum absolute atomic E-state index is 0.127. The molecule has 2 aromatic rings. The number of ether oxygens (including phenoxy) is 1. The molecule has 1 saturated carbocycles. The molecule has 1 N–H and O–H groups in total. The number of aryl methyl sites for hydroxylation is 1. The number of hydrogen-bond donors (Lipinski definition) is 1. The van der Waals surface area contributed by atoms with Crippen LogP contribution in [0.4, 0.5) is 5.13 Å². The van der Waals surface area contributed by atoms with Gasteiger partial charge in [-0.05, 0) is 55.9 Å². The smallest absolute Gasteiger partial charge is 0.266 e. The normalized spacial score (nSPS) is 17.9. The first-order valence-corrected chi connectivity index (χ1v) is 14.3. The van der Waals surface area contributed by atoms with Gasteiger partial charge in [-0.15, -0.1) is 21.8 Å². The van der Waals surface area contributed by atoms with Crippen LogP contribution in [0.5, 0.6) is 5.75 Å². The topological polar surface area (TPSA) is 84.4 Å². The predicted octanol–water partition coefficient (Wildman–Crippen LogP) is 5.65. The molecular weight excluding hydrogens is 524 g/mol. The SMILES string of the molecule is O=C(CCCN1C(=O)/C(=C/c2ccc(OC3CCCCC3)cc2)SC1=S)Nc1nnc(CCCl)s1. The van der Waals surface area contributed by atoms with Crippen LogP contribution in [0.25, 0.3) is 6.08 Å². The Labute approximate surface area is 223 Å². The van der Waals surface area contributed by atoms with Gasteiger partial charge in [-0.1, -0.05) is 53.9 Å². The number of nitrogens with one attached hydrogen (secondary N) is 1. The highest BCUT2D eigenvalue weighted by Gasteiger charge is 2.31. The minimum Gasteiger partial charge on any atom is -0.490 e. The van der Waals surface area contributed by atoms with Crippen LogP contribution in [0.15, 0.2) is 29.2 Å². The number of halogens is 1. The molecule has 186 valence electrons. The van der Waals surface area contributed by atoms with Crippen molar-refractivity contribution in [2.24, 2.45) is 0 Å². The molecule has 0 bridgehead atoms. The van der Waals surface area contributed by atoms with Crippen molar-refractivity contribution in [1.29, 1.82) is 0 Å². The second-order valence-corrected chi connectivity index (χ2v) is 11.5. The Kier molecular flexibility index (Phi) is 9.53. The van der Waals surface area contributed by atoms with E-state index in [1.807, 2.05) is 30.3 Å². The van der Waals surface area contributed by atoms with E-state index in [1.165, 1.54) is 42.4 Å². The number of carbonyl (C=O) groups excluding carboxylic acids is 2. The maximum atomic E-state index is 12.9. The molecule has 1 aliphatic carbocycles. The van der Waals surface area contributed by atoms with Crippen molar-refractivity contribution in [1.82, 2.24) is 15.1 Å². The van der Waals surface area contributed by atoms with E-state index in [0.717, 1.165) is 29.2 Å². The summed E-state index contributed by atoms with van der Waals surface area (Å²) in [6.07, 6.45) is 9.51. The van der Waals surface area contributed by atoms with E-state index in [2.05, 4.69) is 15.5 Å². The summed E-state index contributed by atoms with van der Waals surface area (Å²) >= 11 is 13.7. The van der Waals surface area contributed by atoms with Crippen molar-refractivity contribution in [2.75, 3.05) is 17.7 Å². The Morgan fingerprint density at radius 3 is 2.74 bits per heavy atom. The highest BCUT2D eigenvalue weighted by Crippen LogP contribution is 2.33. The second kappa shape index (κ2) is 12.8. The van der Waals surface area contributed by atoms with E-state index in [-0.39, 0.29) is 18.2 Å². The van der Waals surface area contributed by atoms with E-state index in [9.17, 15) is 9.59 Å². The number of hydrogen-bond acceptors (Lipinski definition) is 8. The van der Waals surface area contributed by atoms with Gasteiger partial charge in [-0.25, -0.2) is 0 Å². The Morgan fingerprint density at radius 2 is 2.00 bits per heavy atom.